The fraction of sp³-hybridized carbons (Fsp3) is 0.375. The van der Waals surface area contributed by atoms with Crippen LogP contribution in [0.15, 0.2) is 30.6 Å². The molecule has 0 unspecified atom stereocenters. The van der Waals surface area contributed by atoms with Crippen LogP contribution in [-0.4, -0.2) is 43.4 Å². The van der Waals surface area contributed by atoms with Crippen LogP contribution in [0.1, 0.15) is 5.56 Å². The summed E-state index contributed by atoms with van der Waals surface area (Å²) in [5.74, 6) is 2.55. The van der Waals surface area contributed by atoms with E-state index in [1.165, 1.54) is 0 Å². The van der Waals surface area contributed by atoms with Gasteiger partial charge in [0.1, 0.15) is 23.7 Å². The lowest BCUT2D eigenvalue weighted by Gasteiger charge is -2.27. The third-order valence-corrected chi connectivity index (χ3v) is 3.68. The number of benzene rings is 1. The molecule has 1 aliphatic rings. The van der Waals surface area contributed by atoms with Gasteiger partial charge < -0.3 is 19.7 Å². The molecule has 0 amide bonds. The Morgan fingerprint density at radius 1 is 1.18 bits per heavy atom. The monoisotopic (exact) mass is 300 g/mol. The van der Waals surface area contributed by atoms with Crippen molar-refractivity contribution in [1.82, 2.24) is 9.97 Å². The number of nitrogens with zero attached hydrogens (tertiary/aromatic N) is 3. The summed E-state index contributed by atoms with van der Waals surface area (Å²) in [5.41, 5.74) is 2.11. The average Bonchev–Trinajstić information content (AvgIpc) is 2.58. The number of ether oxygens (including phenoxy) is 2. The second kappa shape index (κ2) is 6.62. The number of nitrogens with one attached hydrogen (secondary N) is 1. The first-order valence-electron chi connectivity index (χ1n) is 7.32. The van der Waals surface area contributed by atoms with Crippen LogP contribution in [0.4, 0.5) is 17.3 Å². The molecule has 1 N–H and O–H groups in total. The maximum atomic E-state index is 5.37. The molecule has 2 aromatic rings. The summed E-state index contributed by atoms with van der Waals surface area (Å²) < 4.78 is 10.6. The van der Waals surface area contributed by atoms with Gasteiger partial charge in [-0.3, -0.25) is 0 Å². The lowest BCUT2D eigenvalue weighted by molar-refractivity contribution is 0.122. The summed E-state index contributed by atoms with van der Waals surface area (Å²) in [6.07, 6.45) is 1.59. The summed E-state index contributed by atoms with van der Waals surface area (Å²) in [6, 6.07) is 7.88. The largest absolute Gasteiger partial charge is 0.497 e. The van der Waals surface area contributed by atoms with Gasteiger partial charge in [-0.15, -0.1) is 0 Å². The van der Waals surface area contributed by atoms with Crippen molar-refractivity contribution in [2.45, 2.75) is 6.92 Å². The summed E-state index contributed by atoms with van der Waals surface area (Å²) in [7, 11) is 1.67. The van der Waals surface area contributed by atoms with E-state index in [9.17, 15) is 0 Å². The van der Waals surface area contributed by atoms with E-state index in [1.54, 1.807) is 13.4 Å². The van der Waals surface area contributed by atoms with Crippen LogP contribution in [0.3, 0.4) is 0 Å². The minimum atomic E-state index is 0.740. The van der Waals surface area contributed by atoms with Crippen LogP contribution in [0.5, 0.6) is 5.75 Å². The Bertz CT molecular complexity index is 642. The van der Waals surface area contributed by atoms with Crippen molar-refractivity contribution < 1.29 is 9.47 Å². The van der Waals surface area contributed by atoms with Crippen molar-refractivity contribution in [3.63, 3.8) is 0 Å². The molecule has 0 aliphatic carbocycles. The van der Waals surface area contributed by atoms with Gasteiger partial charge in [0, 0.05) is 24.8 Å². The highest BCUT2D eigenvalue weighted by Crippen LogP contribution is 2.25. The lowest BCUT2D eigenvalue weighted by Crippen LogP contribution is -2.36. The zero-order chi connectivity index (χ0) is 15.4. The number of anilines is 3. The molecule has 0 bridgehead atoms. The molecule has 0 spiro atoms. The van der Waals surface area contributed by atoms with E-state index in [0.29, 0.717) is 0 Å². The van der Waals surface area contributed by atoms with E-state index in [4.69, 9.17) is 9.47 Å². The SMILES string of the molecule is COc1ccc(Nc2cc(N3CCOCC3)ncn2)c(C)c1. The first-order chi connectivity index (χ1) is 10.8. The van der Waals surface area contributed by atoms with Gasteiger partial charge in [-0.1, -0.05) is 0 Å². The number of hydrogen-bond acceptors (Lipinski definition) is 6. The van der Waals surface area contributed by atoms with Crippen LogP contribution in [0.2, 0.25) is 0 Å². The molecule has 116 valence electrons. The maximum absolute atomic E-state index is 5.37. The molecule has 0 saturated carbocycles. The van der Waals surface area contributed by atoms with Crippen LogP contribution < -0.4 is 15.0 Å². The van der Waals surface area contributed by atoms with E-state index in [-0.39, 0.29) is 0 Å². The van der Waals surface area contributed by atoms with E-state index < -0.39 is 0 Å². The summed E-state index contributed by atoms with van der Waals surface area (Å²) in [6.45, 7) is 5.24. The van der Waals surface area contributed by atoms with Crippen molar-refractivity contribution in [1.29, 1.82) is 0 Å². The quantitative estimate of drug-likeness (QED) is 0.935. The zero-order valence-corrected chi connectivity index (χ0v) is 12.9. The minimum absolute atomic E-state index is 0.740. The molecule has 22 heavy (non-hydrogen) atoms. The Labute approximate surface area is 130 Å². The smallest absolute Gasteiger partial charge is 0.135 e. The number of morpholine rings is 1. The molecule has 1 fully saturated rings. The van der Waals surface area contributed by atoms with Gasteiger partial charge in [-0.2, -0.15) is 0 Å². The van der Waals surface area contributed by atoms with Crippen molar-refractivity contribution >= 4 is 17.3 Å². The van der Waals surface area contributed by atoms with Crippen molar-refractivity contribution in [2.24, 2.45) is 0 Å². The standard InChI is InChI=1S/C16H20N4O2/c1-12-9-13(21-2)3-4-14(12)19-15-10-16(18-11-17-15)20-5-7-22-8-6-20/h3-4,9-11H,5-8H2,1-2H3,(H,17,18,19). The normalized spacial score (nSPS) is 14.7. The molecule has 1 aliphatic heterocycles. The fourth-order valence-electron chi connectivity index (χ4n) is 2.42. The topological polar surface area (TPSA) is 59.5 Å². The number of aromatic nitrogens is 2. The molecule has 1 aromatic carbocycles. The predicted octanol–water partition coefficient (Wildman–Crippen LogP) is 2.37. The van der Waals surface area contributed by atoms with Gasteiger partial charge in [0.2, 0.25) is 0 Å². The highest BCUT2D eigenvalue weighted by Gasteiger charge is 2.13. The Hall–Kier alpha value is -2.34. The van der Waals surface area contributed by atoms with E-state index in [1.807, 2.05) is 31.2 Å². The highest BCUT2D eigenvalue weighted by atomic mass is 16.5. The van der Waals surface area contributed by atoms with Gasteiger partial charge in [0.05, 0.1) is 20.3 Å². The third kappa shape index (κ3) is 3.28. The maximum Gasteiger partial charge on any atom is 0.135 e. The summed E-state index contributed by atoms with van der Waals surface area (Å²) >= 11 is 0. The highest BCUT2D eigenvalue weighted by molar-refractivity contribution is 5.63. The fourth-order valence-corrected chi connectivity index (χ4v) is 2.42. The molecule has 3 rings (SSSR count). The van der Waals surface area contributed by atoms with Crippen molar-refractivity contribution in [3.05, 3.63) is 36.2 Å². The van der Waals surface area contributed by atoms with Gasteiger partial charge >= 0.3 is 0 Å². The number of hydrogen-bond donors (Lipinski definition) is 1. The molecule has 1 saturated heterocycles. The van der Waals surface area contributed by atoms with Gasteiger partial charge in [-0.05, 0) is 30.7 Å². The van der Waals surface area contributed by atoms with Crippen LogP contribution in [0, 0.1) is 6.92 Å². The Morgan fingerprint density at radius 3 is 2.73 bits per heavy atom. The molecular weight excluding hydrogens is 280 g/mol. The van der Waals surface area contributed by atoms with E-state index >= 15 is 0 Å². The summed E-state index contributed by atoms with van der Waals surface area (Å²) in [4.78, 5) is 10.9. The summed E-state index contributed by atoms with van der Waals surface area (Å²) in [5, 5.41) is 3.34. The zero-order valence-electron chi connectivity index (χ0n) is 12.9. The van der Waals surface area contributed by atoms with Crippen molar-refractivity contribution in [3.8, 4) is 5.75 Å². The molecule has 6 nitrogen and oxygen atoms in total. The van der Waals surface area contributed by atoms with E-state index in [2.05, 4.69) is 20.2 Å². The minimum Gasteiger partial charge on any atom is -0.497 e. The Morgan fingerprint density at radius 2 is 2.00 bits per heavy atom. The second-order valence-corrected chi connectivity index (χ2v) is 5.17. The van der Waals surface area contributed by atoms with Crippen LogP contribution >= 0.6 is 0 Å². The molecule has 0 radical (unpaired) electrons. The molecule has 6 heteroatoms. The lowest BCUT2D eigenvalue weighted by atomic mass is 10.2. The second-order valence-electron chi connectivity index (χ2n) is 5.17. The predicted molar refractivity (Wildman–Crippen MR) is 86.1 cm³/mol. The van der Waals surface area contributed by atoms with Crippen molar-refractivity contribution in [2.75, 3.05) is 43.6 Å². The van der Waals surface area contributed by atoms with Gasteiger partial charge in [0.25, 0.3) is 0 Å². The van der Waals surface area contributed by atoms with E-state index in [0.717, 1.165) is 54.9 Å². The average molecular weight is 300 g/mol. The first-order valence-corrected chi connectivity index (χ1v) is 7.32. The van der Waals surface area contributed by atoms with Gasteiger partial charge in [-0.25, -0.2) is 9.97 Å². The number of rotatable bonds is 4. The number of methoxy groups -OCH3 is 1. The molecule has 1 aromatic heterocycles. The van der Waals surface area contributed by atoms with Gasteiger partial charge in [0.15, 0.2) is 0 Å². The Balaban J connectivity index is 1.77. The van der Waals surface area contributed by atoms with Crippen LogP contribution in [0.25, 0.3) is 0 Å². The molecular formula is C16H20N4O2. The molecule has 2 heterocycles. The first kappa shape index (κ1) is 14.6. The third-order valence-electron chi connectivity index (χ3n) is 3.68. The number of aryl methyl sites for hydroxylation is 1. The Kier molecular flexibility index (Phi) is 4.39. The van der Waals surface area contributed by atoms with Crippen LogP contribution in [-0.2, 0) is 4.74 Å². The molecule has 0 atom stereocenters.